The highest BCUT2D eigenvalue weighted by molar-refractivity contribution is 7.89. The number of rotatable bonds is 20. The van der Waals surface area contributed by atoms with Crippen molar-refractivity contribution >= 4 is 55.7 Å². The first-order chi connectivity index (χ1) is 32.7. The molecule has 5 N–H and O–H groups in total. The van der Waals surface area contributed by atoms with E-state index in [-0.39, 0.29) is 35.7 Å². The third-order valence-electron chi connectivity index (χ3n) is 11.1. The fourth-order valence-electron chi connectivity index (χ4n) is 7.55. The van der Waals surface area contributed by atoms with E-state index in [9.17, 15) is 50.7 Å². The van der Waals surface area contributed by atoms with Gasteiger partial charge in [0.1, 0.15) is 35.7 Å². The Balaban J connectivity index is 0.000000258. The lowest BCUT2D eigenvalue weighted by Gasteiger charge is -2.25. The number of carboxylic acids is 3. The van der Waals surface area contributed by atoms with Crippen LogP contribution in [0.4, 0.5) is 0 Å². The molecule has 2 heterocycles. The molecule has 0 saturated carbocycles. The zero-order valence-corrected chi connectivity index (χ0v) is 39.6. The van der Waals surface area contributed by atoms with Crippen molar-refractivity contribution in [3.63, 3.8) is 0 Å². The molecular weight excluding hydrogens is 941 g/mol. The Bertz CT molecular complexity index is 2680. The Labute approximate surface area is 399 Å². The molecule has 2 aliphatic rings. The minimum absolute atomic E-state index is 0.0439. The van der Waals surface area contributed by atoms with E-state index in [4.69, 9.17) is 24.4 Å². The second-order valence-electron chi connectivity index (χ2n) is 16.2. The number of carbonyl (C=O) groups is 6. The molecule has 0 unspecified atom stereocenters. The van der Waals surface area contributed by atoms with Crippen molar-refractivity contribution < 1.29 is 75.1 Å². The quantitative estimate of drug-likeness (QED) is 0.0796. The summed E-state index contributed by atoms with van der Waals surface area (Å²) >= 11 is 0. The molecule has 370 valence electrons. The zero-order valence-electron chi connectivity index (χ0n) is 38.0. The normalized spacial score (nSPS) is 17.0. The number of sulfonamides is 2. The Morgan fingerprint density at radius 1 is 0.580 bits per heavy atom. The molecule has 2 saturated heterocycles. The largest absolute Gasteiger partial charge is 0.482 e. The van der Waals surface area contributed by atoms with Crippen molar-refractivity contribution in [3.05, 3.63) is 119 Å². The Hall–Kier alpha value is -6.88. The summed E-state index contributed by atoms with van der Waals surface area (Å²) in [5.41, 5.74) is 3.06. The average Bonchev–Trinajstić information content (AvgIpc) is 4.04. The summed E-state index contributed by atoms with van der Waals surface area (Å²) in [6.07, 6.45) is 1.68. The Kier molecular flexibility index (Phi) is 18.4. The van der Waals surface area contributed by atoms with Gasteiger partial charge in [0.25, 0.3) is 0 Å². The first kappa shape index (κ1) is 53.1. The van der Waals surface area contributed by atoms with Crippen LogP contribution in [0.1, 0.15) is 47.9 Å². The van der Waals surface area contributed by atoms with Crippen LogP contribution >= 0.6 is 0 Å². The van der Waals surface area contributed by atoms with Gasteiger partial charge in [0.05, 0.1) is 16.9 Å². The van der Waals surface area contributed by atoms with E-state index >= 15 is 0 Å². The molecule has 4 atom stereocenters. The maximum atomic E-state index is 13.2. The third kappa shape index (κ3) is 14.6. The SMILES string of the molecule is COC(=O)[C@H](Cc1ccc(OCC(=O)O)cc1)NC(=O)[C@@H]1CCCN1S(=O)(=O)c1ccc(C)cc1.Cc1ccc(S(=O)(=O)N2CCC[C@H]2C(=O)N[C@@H](Cc2ccc(OCC(=O)O)cc2)C(=O)O)cc1. The highest BCUT2D eigenvalue weighted by Gasteiger charge is 2.42. The summed E-state index contributed by atoms with van der Waals surface area (Å²) < 4.78 is 69.8. The number of carboxylic acid groups (broad SMARTS) is 3. The van der Waals surface area contributed by atoms with Crippen LogP contribution in [0.5, 0.6) is 11.5 Å². The van der Waals surface area contributed by atoms with Crippen LogP contribution in [0.3, 0.4) is 0 Å². The number of nitrogens with zero attached hydrogens (tertiary/aromatic N) is 2. The lowest BCUT2D eigenvalue weighted by Crippen LogP contribution is -2.51. The van der Waals surface area contributed by atoms with E-state index < -0.39 is 93.1 Å². The number of methoxy groups -OCH3 is 1. The van der Waals surface area contributed by atoms with Gasteiger partial charge >= 0.3 is 23.9 Å². The Morgan fingerprint density at radius 2 is 0.942 bits per heavy atom. The molecule has 6 rings (SSSR count). The van der Waals surface area contributed by atoms with Crippen molar-refractivity contribution in [1.29, 1.82) is 0 Å². The maximum absolute atomic E-state index is 13.2. The van der Waals surface area contributed by atoms with E-state index in [1.807, 2.05) is 13.8 Å². The molecule has 2 amide bonds. The summed E-state index contributed by atoms with van der Waals surface area (Å²) in [6, 6.07) is 21.0. The van der Waals surface area contributed by atoms with Crippen LogP contribution in [-0.4, -0.2) is 134 Å². The number of aliphatic carboxylic acids is 3. The predicted octanol–water partition coefficient (Wildman–Crippen LogP) is 2.94. The number of hydrogen-bond acceptors (Lipinski definition) is 13. The molecule has 0 bridgehead atoms. The highest BCUT2D eigenvalue weighted by atomic mass is 32.2. The molecule has 4 aromatic carbocycles. The number of benzene rings is 4. The molecule has 0 spiro atoms. The van der Waals surface area contributed by atoms with Gasteiger partial charge in [-0.2, -0.15) is 8.61 Å². The molecule has 20 nitrogen and oxygen atoms in total. The fraction of sp³-hybridized carbons (Fsp3) is 0.362. The third-order valence-corrected chi connectivity index (χ3v) is 15.0. The number of carbonyl (C=O) groups excluding carboxylic acids is 3. The summed E-state index contributed by atoms with van der Waals surface area (Å²) in [5, 5.41) is 32.1. The minimum Gasteiger partial charge on any atom is -0.482 e. The van der Waals surface area contributed by atoms with Gasteiger partial charge in [-0.15, -0.1) is 0 Å². The second kappa shape index (κ2) is 23.9. The van der Waals surface area contributed by atoms with Crippen LogP contribution < -0.4 is 20.1 Å². The van der Waals surface area contributed by atoms with E-state index in [2.05, 4.69) is 10.6 Å². The monoisotopic (exact) mass is 994 g/mol. The number of hydrogen-bond donors (Lipinski definition) is 5. The van der Waals surface area contributed by atoms with Crippen molar-refractivity contribution in [2.24, 2.45) is 0 Å². The van der Waals surface area contributed by atoms with Gasteiger partial charge in [0, 0.05) is 25.9 Å². The molecular formula is C47H54N4O16S2. The number of ether oxygens (including phenoxy) is 3. The van der Waals surface area contributed by atoms with Crippen molar-refractivity contribution in [2.45, 2.75) is 86.3 Å². The molecule has 0 aliphatic carbocycles. The minimum atomic E-state index is -3.91. The molecule has 69 heavy (non-hydrogen) atoms. The molecule has 22 heteroatoms. The van der Waals surface area contributed by atoms with E-state index in [0.29, 0.717) is 48.3 Å². The van der Waals surface area contributed by atoms with Crippen LogP contribution in [0.25, 0.3) is 0 Å². The topological polar surface area (TPSA) is 290 Å². The summed E-state index contributed by atoms with van der Waals surface area (Å²) in [6.45, 7) is 3.08. The summed E-state index contributed by atoms with van der Waals surface area (Å²) in [7, 11) is -6.60. The zero-order chi connectivity index (χ0) is 50.5. The van der Waals surface area contributed by atoms with Gasteiger partial charge in [-0.1, -0.05) is 59.7 Å². The van der Waals surface area contributed by atoms with Crippen LogP contribution in [0, 0.1) is 13.8 Å². The van der Waals surface area contributed by atoms with Gasteiger partial charge < -0.3 is 40.2 Å². The summed E-state index contributed by atoms with van der Waals surface area (Å²) in [4.78, 5) is 71.6. The highest BCUT2D eigenvalue weighted by Crippen LogP contribution is 2.28. The second-order valence-corrected chi connectivity index (χ2v) is 20.0. The standard InChI is InChI=1S/C24H28N2O8S.C23H26N2O8S/c1-16-5-11-19(12-6-16)35(31,32)26-13-3-4-21(26)23(29)25-20(24(30)33-2)14-17-7-9-18(10-8-17)34-15-22(27)28;1-15-4-10-18(11-5-15)34(31,32)25-12-2-3-20(25)22(28)24-19(23(29)30)13-16-6-8-17(9-7-16)33-14-21(26)27/h5-12,20-21H,3-4,13-15H2,1-2H3,(H,25,29)(H,27,28);4-11,19-20H,2-3,12-14H2,1H3,(H,24,28)(H,26,27)(H,29,30)/t20-,21-;19-,20-/m00/s1. The molecule has 2 aliphatic heterocycles. The summed E-state index contributed by atoms with van der Waals surface area (Å²) in [5.74, 6) is -4.74. The lowest BCUT2D eigenvalue weighted by atomic mass is 10.0. The van der Waals surface area contributed by atoms with Gasteiger partial charge in [-0.3, -0.25) is 9.59 Å². The van der Waals surface area contributed by atoms with E-state index in [1.165, 1.54) is 47.8 Å². The number of nitrogens with one attached hydrogen (secondary N) is 2. The lowest BCUT2D eigenvalue weighted by molar-refractivity contribution is -0.145. The first-order valence-corrected chi connectivity index (χ1v) is 24.5. The molecule has 0 radical (unpaired) electrons. The predicted molar refractivity (Wildman–Crippen MR) is 246 cm³/mol. The number of amides is 2. The van der Waals surface area contributed by atoms with Crippen LogP contribution in [0.15, 0.2) is 107 Å². The van der Waals surface area contributed by atoms with Gasteiger partial charge in [0.2, 0.25) is 31.9 Å². The Morgan fingerprint density at radius 3 is 1.29 bits per heavy atom. The van der Waals surface area contributed by atoms with Gasteiger partial charge in [-0.05, 0) is 99.2 Å². The molecule has 0 aromatic heterocycles. The number of esters is 1. The van der Waals surface area contributed by atoms with Crippen molar-refractivity contribution in [3.8, 4) is 11.5 Å². The van der Waals surface area contributed by atoms with Crippen molar-refractivity contribution in [2.75, 3.05) is 33.4 Å². The van der Waals surface area contributed by atoms with E-state index in [0.717, 1.165) is 15.4 Å². The van der Waals surface area contributed by atoms with Crippen molar-refractivity contribution in [1.82, 2.24) is 19.2 Å². The average molecular weight is 995 g/mol. The van der Waals surface area contributed by atoms with Crippen LogP contribution in [0.2, 0.25) is 0 Å². The maximum Gasteiger partial charge on any atom is 0.341 e. The molecule has 2 fully saturated rings. The van der Waals surface area contributed by atoms with Gasteiger partial charge in [-0.25, -0.2) is 36.0 Å². The van der Waals surface area contributed by atoms with Gasteiger partial charge in [0.15, 0.2) is 13.2 Å². The fourth-order valence-corrected chi connectivity index (χ4v) is 10.9. The van der Waals surface area contributed by atoms with E-state index in [1.54, 1.807) is 60.7 Å². The van der Waals surface area contributed by atoms with Crippen LogP contribution in [-0.2, 0) is 66.4 Å². The molecule has 4 aromatic rings. The smallest absolute Gasteiger partial charge is 0.341 e. The number of aryl methyl sites for hydroxylation is 2. The first-order valence-electron chi connectivity index (χ1n) is 21.6.